The van der Waals surface area contributed by atoms with E-state index in [0.717, 1.165) is 22.6 Å². The van der Waals surface area contributed by atoms with Gasteiger partial charge < -0.3 is 5.32 Å². The Kier molecular flexibility index (Phi) is 6.14. The van der Waals surface area contributed by atoms with Gasteiger partial charge in [-0.15, -0.1) is 0 Å². The minimum absolute atomic E-state index is 0.00408. The van der Waals surface area contributed by atoms with Gasteiger partial charge in [-0.05, 0) is 51.1 Å². The second kappa shape index (κ2) is 8.59. The van der Waals surface area contributed by atoms with Crippen molar-refractivity contribution in [2.45, 2.75) is 32.1 Å². The summed E-state index contributed by atoms with van der Waals surface area (Å²) in [5.41, 5.74) is 4.19. The van der Waals surface area contributed by atoms with E-state index in [4.69, 9.17) is 0 Å². The molecule has 0 aliphatic rings. The van der Waals surface area contributed by atoms with Crippen molar-refractivity contribution in [1.29, 1.82) is 0 Å². The van der Waals surface area contributed by atoms with Gasteiger partial charge in [-0.3, -0.25) is 4.79 Å². The number of anilines is 1. The van der Waals surface area contributed by atoms with E-state index in [1.165, 1.54) is 0 Å². The van der Waals surface area contributed by atoms with Gasteiger partial charge in [0.05, 0.1) is 22.0 Å². The molecule has 0 saturated carbocycles. The van der Waals surface area contributed by atoms with Crippen LogP contribution in [0.4, 0.5) is 5.69 Å². The summed E-state index contributed by atoms with van der Waals surface area (Å²) in [5, 5.41) is 7.30. The van der Waals surface area contributed by atoms with Crippen molar-refractivity contribution in [3.63, 3.8) is 0 Å². The normalized spacial score (nSPS) is 11.4. The first-order valence-electron chi connectivity index (χ1n) is 9.25. The fraction of sp³-hybridized carbons (Fsp3) is 0.238. The second-order valence-corrected chi connectivity index (χ2v) is 8.63. The molecule has 0 bridgehead atoms. The van der Waals surface area contributed by atoms with Crippen LogP contribution in [0.15, 0.2) is 59.5 Å². The van der Waals surface area contributed by atoms with Gasteiger partial charge in [-0.25, -0.2) is 17.8 Å². The molecule has 0 atom stereocenters. The Hall–Kier alpha value is -2.97. The van der Waals surface area contributed by atoms with Gasteiger partial charge in [-0.1, -0.05) is 29.8 Å². The van der Waals surface area contributed by atoms with Crippen molar-refractivity contribution in [3.05, 3.63) is 71.5 Å². The lowest BCUT2D eigenvalue weighted by atomic mass is 10.2. The molecule has 1 amide bonds. The summed E-state index contributed by atoms with van der Waals surface area (Å²) in [7, 11) is -3.64. The maximum atomic E-state index is 12.4. The molecule has 0 spiro atoms. The first-order chi connectivity index (χ1) is 13.8. The minimum atomic E-state index is -3.64. The van der Waals surface area contributed by atoms with Gasteiger partial charge in [0.25, 0.3) is 0 Å². The molecule has 7 nitrogen and oxygen atoms in total. The molecule has 0 aliphatic heterocycles. The predicted molar refractivity (Wildman–Crippen MR) is 113 cm³/mol. The summed E-state index contributed by atoms with van der Waals surface area (Å²) in [5.74, 6) is -0.286. The number of benzene rings is 2. The van der Waals surface area contributed by atoms with E-state index in [1.807, 2.05) is 45.0 Å². The molecule has 3 rings (SSSR count). The van der Waals surface area contributed by atoms with Crippen LogP contribution in [-0.4, -0.2) is 30.7 Å². The number of aromatic nitrogens is 2. The van der Waals surface area contributed by atoms with Crippen LogP contribution in [0.5, 0.6) is 0 Å². The van der Waals surface area contributed by atoms with Crippen LogP contribution in [0, 0.1) is 20.8 Å². The highest BCUT2D eigenvalue weighted by Crippen LogP contribution is 2.21. The number of amides is 1. The zero-order chi connectivity index (χ0) is 21.0. The SMILES string of the molecule is Cc1ccc(S(=O)(=O)NCCC(=O)Nc2ccccc2-n2nc(C)cc2C)cc1. The van der Waals surface area contributed by atoms with Crippen LogP contribution in [0.3, 0.4) is 0 Å². The van der Waals surface area contributed by atoms with Crippen molar-refractivity contribution in [3.8, 4) is 5.69 Å². The number of nitrogens with one attached hydrogen (secondary N) is 2. The smallest absolute Gasteiger partial charge is 0.240 e. The third-order valence-electron chi connectivity index (χ3n) is 4.39. The summed E-state index contributed by atoms with van der Waals surface area (Å²) in [6.07, 6.45) is 0.0105. The monoisotopic (exact) mass is 412 g/mol. The van der Waals surface area contributed by atoms with E-state index in [9.17, 15) is 13.2 Å². The molecular formula is C21H24N4O3S. The third-order valence-corrected chi connectivity index (χ3v) is 5.87. The lowest BCUT2D eigenvalue weighted by molar-refractivity contribution is -0.116. The number of para-hydroxylation sites is 2. The average Bonchev–Trinajstić information content (AvgIpc) is 3.00. The topological polar surface area (TPSA) is 93.1 Å². The first kappa shape index (κ1) is 20.8. The Bertz CT molecular complexity index is 1120. The number of rotatable bonds is 7. The van der Waals surface area contributed by atoms with Crippen LogP contribution >= 0.6 is 0 Å². The lowest BCUT2D eigenvalue weighted by Crippen LogP contribution is -2.28. The van der Waals surface area contributed by atoms with E-state index < -0.39 is 10.0 Å². The molecule has 1 aromatic heterocycles. The number of hydrogen-bond donors (Lipinski definition) is 2. The number of carbonyl (C=O) groups excluding carboxylic acids is 1. The van der Waals surface area contributed by atoms with Gasteiger partial charge in [0, 0.05) is 18.7 Å². The number of sulfonamides is 1. The Morgan fingerprint density at radius 3 is 2.38 bits per heavy atom. The van der Waals surface area contributed by atoms with E-state index >= 15 is 0 Å². The lowest BCUT2D eigenvalue weighted by Gasteiger charge is -2.13. The van der Waals surface area contributed by atoms with Crippen molar-refractivity contribution < 1.29 is 13.2 Å². The largest absolute Gasteiger partial charge is 0.324 e. The number of hydrogen-bond acceptors (Lipinski definition) is 4. The average molecular weight is 413 g/mol. The molecule has 1 heterocycles. The molecule has 0 fully saturated rings. The summed E-state index contributed by atoms with van der Waals surface area (Å²) < 4.78 is 28.8. The summed E-state index contributed by atoms with van der Waals surface area (Å²) >= 11 is 0. The van der Waals surface area contributed by atoms with Crippen LogP contribution in [0.2, 0.25) is 0 Å². The Morgan fingerprint density at radius 2 is 1.72 bits per heavy atom. The molecule has 29 heavy (non-hydrogen) atoms. The molecule has 2 N–H and O–H groups in total. The van der Waals surface area contributed by atoms with E-state index in [-0.39, 0.29) is 23.8 Å². The van der Waals surface area contributed by atoms with Crippen LogP contribution in [-0.2, 0) is 14.8 Å². The molecule has 0 saturated heterocycles. The summed E-state index contributed by atoms with van der Waals surface area (Å²) in [6.45, 7) is 5.74. The molecule has 2 aromatic carbocycles. The van der Waals surface area contributed by atoms with E-state index in [2.05, 4.69) is 15.1 Å². The van der Waals surface area contributed by atoms with Crippen LogP contribution in [0.25, 0.3) is 5.69 Å². The van der Waals surface area contributed by atoms with Gasteiger partial charge in [-0.2, -0.15) is 5.10 Å². The molecule has 0 radical (unpaired) electrons. The zero-order valence-electron chi connectivity index (χ0n) is 16.6. The van der Waals surface area contributed by atoms with Crippen molar-refractivity contribution in [1.82, 2.24) is 14.5 Å². The molecule has 0 unspecified atom stereocenters. The first-order valence-corrected chi connectivity index (χ1v) is 10.7. The van der Waals surface area contributed by atoms with Gasteiger partial charge in [0.1, 0.15) is 0 Å². The zero-order valence-corrected chi connectivity index (χ0v) is 17.5. The van der Waals surface area contributed by atoms with Crippen molar-refractivity contribution in [2.24, 2.45) is 0 Å². The van der Waals surface area contributed by atoms with Crippen molar-refractivity contribution in [2.75, 3.05) is 11.9 Å². The summed E-state index contributed by atoms with van der Waals surface area (Å²) in [4.78, 5) is 12.6. The molecule has 152 valence electrons. The van der Waals surface area contributed by atoms with E-state index in [1.54, 1.807) is 35.0 Å². The quantitative estimate of drug-likeness (QED) is 0.624. The van der Waals surface area contributed by atoms with E-state index in [0.29, 0.717) is 5.69 Å². The maximum absolute atomic E-state index is 12.4. The molecule has 8 heteroatoms. The minimum Gasteiger partial charge on any atom is -0.324 e. The third kappa shape index (κ3) is 5.10. The summed E-state index contributed by atoms with van der Waals surface area (Å²) in [6, 6.07) is 15.9. The predicted octanol–water partition coefficient (Wildman–Crippen LogP) is 3.10. The van der Waals surface area contributed by atoms with Crippen LogP contribution in [0.1, 0.15) is 23.4 Å². The highest BCUT2D eigenvalue weighted by Gasteiger charge is 2.15. The Morgan fingerprint density at radius 1 is 1.03 bits per heavy atom. The molecule has 0 aliphatic carbocycles. The number of carbonyl (C=O) groups is 1. The highest BCUT2D eigenvalue weighted by atomic mass is 32.2. The molecular weight excluding hydrogens is 388 g/mol. The fourth-order valence-corrected chi connectivity index (χ4v) is 3.98. The number of nitrogens with zero attached hydrogens (tertiary/aromatic N) is 2. The van der Waals surface area contributed by atoms with Crippen molar-refractivity contribution >= 4 is 21.6 Å². The highest BCUT2D eigenvalue weighted by molar-refractivity contribution is 7.89. The standard InChI is InChI=1S/C21H24N4O3S/c1-15-8-10-18(11-9-15)29(27,28)22-13-12-21(26)23-19-6-4-5-7-20(19)25-17(3)14-16(2)24-25/h4-11,14,22H,12-13H2,1-3H3,(H,23,26). The van der Waals surface area contributed by atoms with Gasteiger partial charge in [0.15, 0.2) is 0 Å². The Labute approximate surface area is 170 Å². The van der Waals surface area contributed by atoms with Gasteiger partial charge in [0.2, 0.25) is 15.9 Å². The number of aryl methyl sites for hydroxylation is 3. The van der Waals surface area contributed by atoms with Crippen LogP contribution < -0.4 is 10.0 Å². The second-order valence-electron chi connectivity index (χ2n) is 6.87. The maximum Gasteiger partial charge on any atom is 0.240 e. The fourth-order valence-electron chi connectivity index (χ4n) is 2.95. The van der Waals surface area contributed by atoms with Gasteiger partial charge >= 0.3 is 0 Å². The Balaban J connectivity index is 1.63. The molecule has 3 aromatic rings.